The number of carbonyl (C=O) groups excluding carboxylic acids is 1. The van der Waals surface area contributed by atoms with Crippen molar-refractivity contribution in [3.8, 4) is 11.3 Å². The van der Waals surface area contributed by atoms with E-state index in [1.165, 1.54) is 11.1 Å². The predicted molar refractivity (Wildman–Crippen MR) is 133 cm³/mol. The average Bonchev–Trinajstić information content (AvgIpc) is 3.33. The van der Waals surface area contributed by atoms with Crippen molar-refractivity contribution in [1.82, 2.24) is 9.78 Å². The van der Waals surface area contributed by atoms with Gasteiger partial charge in [-0.1, -0.05) is 45.0 Å². The summed E-state index contributed by atoms with van der Waals surface area (Å²) < 4.78 is 26.0. The summed E-state index contributed by atoms with van der Waals surface area (Å²) in [5.74, 6) is -0.129. The molecule has 1 aliphatic rings. The molecule has 0 spiro atoms. The zero-order valence-corrected chi connectivity index (χ0v) is 20.7. The first kappa shape index (κ1) is 23.2. The van der Waals surface area contributed by atoms with Crippen LogP contribution in [0.15, 0.2) is 48.5 Å². The second kappa shape index (κ2) is 8.45. The number of aryl methyl sites for hydroxylation is 2. The standard InChI is InChI=1S/C26H31N3O3S/c1-17-6-7-19(14-18(17)2)24-15-23(28-29(24)22-12-13-33(31,32)16-22)25(30)27-21-10-8-20(9-11-21)26(3,4)5/h6-11,14-15,22H,12-13,16H2,1-5H3,(H,27,30)/t22-/m1/s1. The van der Waals surface area contributed by atoms with Crippen molar-refractivity contribution >= 4 is 21.4 Å². The highest BCUT2D eigenvalue weighted by Gasteiger charge is 2.32. The minimum atomic E-state index is -3.09. The number of amides is 1. The number of sulfone groups is 1. The first-order chi connectivity index (χ1) is 15.4. The van der Waals surface area contributed by atoms with E-state index in [0.717, 1.165) is 16.8 Å². The normalized spacial score (nSPS) is 17.8. The minimum Gasteiger partial charge on any atom is -0.321 e. The van der Waals surface area contributed by atoms with Crippen LogP contribution in [-0.2, 0) is 15.3 Å². The van der Waals surface area contributed by atoms with Crippen LogP contribution in [0.1, 0.15) is 60.4 Å². The third-order valence-corrected chi connectivity index (χ3v) is 8.08. The van der Waals surface area contributed by atoms with E-state index in [9.17, 15) is 13.2 Å². The van der Waals surface area contributed by atoms with Crippen LogP contribution < -0.4 is 5.32 Å². The number of hydrogen-bond donors (Lipinski definition) is 1. The van der Waals surface area contributed by atoms with Gasteiger partial charge in [-0.25, -0.2) is 8.42 Å². The summed E-state index contributed by atoms with van der Waals surface area (Å²) in [6, 6.07) is 15.4. The average molecular weight is 466 g/mol. The molecule has 33 heavy (non-hydrogen) atoms. The Kier molecular flexibility index (Phi) is 5.95. The van der Waals surface area contributed by atoms with E-state index < -0.39 is 9.84 Å². The molecule has 2 aromatic carbocycles. The fourth-order valence-corrected chi connectivity index (χ4v) is 5.81. The summed E-state index contributed by atoms with van der Waals surface area (Å²) in [5.41, 5.74) is 6.16. The van der Waals surface area contributed by atoms with Gasteiger partial charge in [-0.15, -0.1) is 0 Å². The molecule has 6 nitrogen and oxygen atoms in total. The molecule has 0 bridgehead atoms. The molecule has 0 radical (unpaired) electrons. The molecule has 4 rings (SSSR count). The largest absolute Gasteiger partial charge is 0.321 e. The van der Waals surface area contributed by atoms with Crippen molar-refractivity contribution in [3.63, 3.8) is 0 Å². The Labute approximate surface area is 195 Å². The van der Waals surface area contributed by atoms with E-state index in [1.54, 1.807) is 10.7 Å². The lowest BCUT2D eigenvalue weighted by molar-refractivity contribution is 0.102. The predicted octanol–water partition coefficient (Wildman–Crippen LogP) is 5.08. The molecule has 1 saturated heterocycles. The maximum absolute atomic E-state index is 13.1. The molecule has 1 atom stereocenters. The van der Waals surface area contributed by atoms with Gasteiger partial charge in [-0.05, 0) is 66.6 Å². The van der Waals surface area contributed by atoms with Crippen molar-refractivity contribution < 1.29 is 13.2 Å². The summed E-state index contributed by atoms with van der Waals surface area (Å²) in [7, 11) is -3.09. The van der Waals surface area contributed by atoms with Gasteiger partial charge in [-0.2, -0.15) is 5.10 Å². The van der Waals surface area contributed by atoms with Gasteiger partial charge >= 0.3 is 0 Å². The molecule has 0 saturated carbocycles. The van der Waals surface area contributed by atoms with Gasteiger partial charge < -0.3 is 5.32 Å². The fraction of sp³-hybridized carbons (Fsp3) is 0.385. The number of hydrogen-bond acceptors (Lipinski definition) is 4. The summed E-state index contributed by atoms with van der Waals surface area (Å²) in [4.78, 5) is 13.1. The van der Waals surface area contributed by atoms with Crippen molar-refractivity contribution in [3.05, 3.63) is 70.9 Å². The van der Waals surface area contributed by atoms with E-state index in [1.807, 2.05) is 50.2 Å². The Hall–Kier alpha value is -2.93. The van der Waals surface area contributed by atoms with Gasteiger partial charge in [0.1, 0.15) is 0 Å². The minimum absolute atomic E-state index is 0.0317. The molecule has 0 aliphatic carbocycles. The van der Waals surface area contributed by atoms with Crippen molar-refractivity contribution in [2.45, 2.75) is 52.5 Å². The van der Waals surface area contributed by atoms with E-state index in [-0.39, 0.29) is 34.6 Å². The van der Waals surface area contributed by atoms with Crippen molar-refractivity contribution in [1.29, 1.82) is 0 Å². The highest BCUT2D eigenvalue weighted by Crippen LogP contribution is 2.31. The number of nitrogens with zero attached hydrogens (tertiary/aromatic N) is 2. The second-order valence-corrected chi connectivity index (χ2v) is 12.2. The highest BCUT2D eigenvalue weighted by molar-refractivity contribution is 7.91. The molecule has 174 valence electrons. The van der Waals surface area contributed by atoms with Crippen LogP contribution in [0.4, 0.5) is 5.69 Å². The van der Waals surface area contributed by atoms with Gasteiger partial charge in [0.25, 0.3) is 5.91 Å². The molecule has 3 aromatic rings. The Morgan fingerprint density at radius 3 is 2.30 bits per heavy atom. The lowest BCUT2D eigenvalue weighted by atomic mass is 9.87. The third-order valence-electron chi connectivity index (χ3n) is 6.33. The number of carbonyl (C=O) groups is 1. The third kappa shape index (κ3) is 5.03. The zero-order valence-electron chi connectivity index (χ0n) is 19.8. The Bertz CT molecular complexity index is 1300. The summed E-state index contributed by atoms with van der Waals surface area (Å²) in [6.45, 7) is 10.5. The topological polar surface area (TPSA) is 81.1 Å². The van der Waals surface area contributed by atoms with Crippen LogP contribution >= 0.6 is 0 Å². The maximum Gasteiger partial charge on any atom is 0.276 e. The van der Waals surface area contributed by atoms with Crippen molar-refractivity contribution in [2.24, 2.45) is 0 Å². The molecule has 2 heterocycles. The monoisotopic (exact) mass is 465 g/mol. The Morgan fingerprint density at radius 1 is 1.03 bits per heavy atom. The van der Waals surface area contributed by atoms with Crippen LogP contribution in [0, 0.1) is 13.8 Å². The molecule has 0 unspecified atom stereocenters. The fourth-order valence-electron chi connectivity index (χ4n) is 4.12. The number of aromatic nitrogens is 2. The lowest BCUT2D eigenvalue weighted by Crippen LogP contribution is -2.17. The summed E-state index contributed by atoms with van der Waals surface area (Å²) >= 11 is 0. The molecular weight excluding hydrogens is 434 g/mol. The van der Waals surface area contributed by atoms with Crippen LogP contribution in [0.5, 0.6) is 0 Å². The number of rotatable bonds is 4. The van der Waals surface area contributed by atoms with Crippen LogP contribution in [-0.4, -0.2) is 35.6 Å². The molecule has 1 aliphatic heterocycles. The number of anilines is 1. The number of nitrogens with one attached hydrogen (secondary N) is 1. The van der Waals surface area contributed by atoms with Crippen LogP contribution in [0.25, 0.3) is 11.3 Å². The van der Waals surface area contributed by atoms with E-state index in [0.29, 0.717) is 12.1 Å². The second-order valence-electron chi connectivity index (χ2n) is 10.00. The molecule has 1 N–H and O–H groups in total. The van der Waals surface area contributed by atoms with Gasteiger partial charge in [0.2, 0.25) is 0 Å². The SMILES string of the molecule is Cc1ccc(-c2cc(C(=O)Nc3ccc(C(C)(C)C)cc3)nn2[C@@H]2CCS(=O)(=O)C2)cc1C. The van der Waals surface area contributed by atoms with E-state index >= 15 is 0 Å². The first-order valence-electron chi connectivity index (χ1n) is 11.2. The Morgan fingerprint density at radius 2 is 1.73 bits per heavy atom. The zero-order chi connectivity index (χ0) is 24.0. The van der Waals surface area contributed by atoms with E-state index in [2.05, 4.69) is 37.3 Å². The molecule has 1 fully saturated rings. The molecule has 7 heteroatoms. The lowest BCUT2D eigenvalue weighted by Gasteiger charge is -2.19. The summed E-state index contributed by atoms with van der Waals surface area (Å²) in [5, 5.41) is 7.50. The van der Waals surface area contributed by atoms with Crippen molar-refractivity contribution in [2.75, 3.05) is 16.8 Å². The maximum atomic E-state index is 13.1. The highest BCUT2D eigenvalue weighted by atomic mass is 32.2. The summed E-state index contributed by atoms with van der Waals surface area (Å²) in [6.07, 6.45) is 0.497. The quantitative estimate of drug-likeness (QED) is 0.583. The van der Waals surface area contributed by atoms with Gasteiger partial charge in [0.15, 0.2) is 15.5 Å². The first-order valence-corrected chi connectivity index (χ1v) is 13.0. The van der Waals surface area contributed by atoms with Crippen LogP contribution in [0.2, 0.25) is 0 Å². The molecule has 1 aromatic heterocycles. The van der Waals surface area contributed by atoms with Gasteiger partial charge in [0, 0.05) is 11.3 Å². The van der Waals surface area contributed by atoms with Gasteiger partial charge in [0.05, 0.1) is 23.2 Å². The van der Waals surface area contributed by atoms with Crippen LogP contribution in [0.3, 0.4) is 0 Å². The van der Waals surface area contributed by atoms with Gasteiger partial charge in [-0.3, -0.25) is 9.48 Å². The molecular formula is C26H31N3O3S. The smallest absolute Gasteiger partial charge is 0.276 e. The Balaban J connectivity index is 1.67. The number of benzene rings is 2. The van der Waals surface area contributed by atoms with E-state index in [4.69, 9.17) is 0 Å². The molecule has 1 amide bonds.